The molecule has 6 aromatic carbocycles. The molecule has 0 saturated heterocycles. The molecule has 0 spiro atoms. The van der Waals surface area contributed by atoms with Gasteiger partial charge in [0.1, 0.15) is 5.58 Å². The van der Waals surface area contributed by atoms with Gasteiger partial charge in [-0.25, -0.2) is 0 Å². The third-order valence-electron chi connectivity index (χ3n) is 13.6. The standard InChI is InChI=1S/C57H59BN2OS/c1-32-23-46-50-47(24-32)60(52-35(4)27-40(28-36(52)5)57(12,13)14)53-42-30-38(55(6,7)8)20-22-48(42)61-54(53)58(50)44-21-19-37(43-31-62-49-18-16-15-17-41(43)49)29-45(44)59(46)51-33(2)25-39(26-34(51)3)56(9,10)11/h15-31H,1-14H3. The minimum absolute atomic E-state index is 0.0231. The lowest BCUT2D eigenvalue weighted by Crippen LogP contribution is -2.61. The summed E-state index contributed by atoms with van der Waals surface area (Å²) in [5.41, 5.74) is 24.6. The molecule has 4 heterocycles. The molecule has 10 rings (SSSR count). The predicted octanol–water partition coefficient (Wildman–Crippen LogP) is 14.8. The minimum atomic E-state index is -0.124. The van der Waals surface area contributed by atoms with Crippen LogP contribution in [0, 0.1) is 34.6 Å². The maximum Gasteiger partial charge on any atom is 0.297 e. The second kappa shape index (κ2) is 13.7. The van der Waals surface area contributed by atoms with Crippen LogP contribution in [0.2, 0.25) is 0 Å². The molecular weight excluding hydrogens is 772 g/mol. The quantitative estimate of drug-likeness (QED) is 0.165. The van der Waals surface area contributed by atoms with Gasteiger partial charge in [0.15, 0.2) is 0 Å². The number of hydrogen-bond donors (Lipinski definition) is 0. The average Bonchev–Trinajstić information content (AvgIpc) is 3.79. The topological polar surface area (TPSA) is 19.6 Å². The molecule has 8 aromatic rings. The maximum absolute atomic E-state index is 7.35. The van der Waals surface area contributed by atoms with E-state index in [4.69, 9.17) is 4.42 Å². The van der Waals surface area contributed by atoms with Crippen molar-refractivity contribution in [3.05, 3.63) is 147 Å². The lowest BCUT2D eigenvalue weighted by Gasteiger charge is -2.44. The van der Waals surface area contributed by atoms with Gasteiger partial charge in [-0.1, -0.05) is 123 Å². The van der Waals surface area contributed by atoms with Gasteiger partial charge in [-0.3, -0.25) is 0 Å². The van der Waals surface area contributed by atoms with E-state index in [1.807, 2.05) is 11.3 Å². The van der Waals surface area contributed by atoms with Crippen molar-refractivity contribution in [3.8, 4) is 11.1 Å². The molecule has 0 amide bonds. The molecule has 0 saturated carbocycles. The molecule has 0 radical (unpaired) electrons. The third-order valence-corrected chi connectivity index (χ3v) is 14.6. The smallest absolute Gasteiger partial charge is 0.297 e. The molecule has 0 bridgehead atoms. The molecule has 0 unspecified atom stereocenters. The monoisotopic (exact) mass is 830 g/mol. The molecule has 0 atom stereocenters. The van der Waals surface area contributed by atoms with Gasteiger partial charge < -0.3 is 14.2 Å². The SMILES string of the molecule is Cc1cc2c3c(c1)N(c1c(C)cc(C(C)(C)C)cc1C)c1c(oc4ccc(C(C)(C)C)cc14)B3c1ccc(-c3csc4ccccc34)cc1N2c1c(C)cc(C(C)(C)C)cc1C. The highest BCUT2D eigenvalue weighted by Crippen LogP contribution is 2.51. The molecule has 2 aliphatic heterocycles. The van der Waals surface area contributed by atoms with Crippen LogP contribution in [0.4, 0.5) is 34.1 Å². The van der Waals surface area contributed by atoms with E-state index < -0.39 is 0 Å². The summed E-state index contributed by atoms with van der Waals surface area (Å²) in [6.07, 6.45) is 0. The number of hydrogen-bond acceptors (Lipinski definition) is 4. The highest BCUT2D eigenvalue weighted by molar-refractivity contribution is 7.17. The zero-order chi connectivity index (χ0) is 43.9. The minimum Gasteiger partial charge on any atom is -0.468 e. The number of thiophene rings is 1. The Kier molecular flexibility index (Phi) is 8.99. The van der Waals surface area contributed by atoms with E-state index in [1.165, 1.54) is 105 Å². The predicted molar refractivity (Wildman–Crippen MR) is 271 cm³/mol. The van der Waals surface area contributed by atoms with Crippen LogP contribution in [-0.2, 0) is 16.2 Å². The van der Waals surface area contributed by atoms with E-state index in [2.05, 4.69) is 209 Å². The van der Waals surface area contributed by atoms with E-state index in [1.54, 1.807) is 0 Å². The highest BCUT2D eigenvalue weighted by atomic mass is 32.1. The lowest BCUT2D eigenvalue weighted by atomic mass is 9.35. The van der Waals surface area contributed by atoms with Gasteiger partial charge in [0.25, 0.3) is 6.71 Å². The second-order valence-electron chi connectivity index (χ2n) is 21.4. The number of rotatable bonds is 3. The zero-order valence-corrected chi connectivity index (χ0v) is 39.9. The summed E-state index contributed by atoms with van der Waals surface area (Å²) >= 11 is 1.82. The summed E-state index contributed by atoms with van der Waals surface area (Å²) in [6, 6.07) is 37.5. The van der Waals surface area contributed by atoms with Crippen molar-refractivity contribution in [3.63, 3.8) is 0 Å². The van der Waals surface area contributed by atoms with E-state index in [9.17, 15) is 0 Å². The summed E-state index contributed by atoms with van der Waals surface area (Å²) in [7, 11) is 0. The maximum atomic E-state index is 7.35. The number of furan rings is 1. The fraction of sp³-hybridized carbons (Fsp3) is 0.298. The van der Waals surface area contributed by atoms with E-state index >= 15 is 0 Å². The number of fused-ring (bicyclic) bond motifs is 7. The largest absolute Gasteiger partial charge is 0.468 e. The van der Waals surface area contributed by atoms with Gasteiger partial charge in [-0.05, 0) is 154 Å². The van der Waals surface area contributed by atoms with Crippen LogP contribution in [-0.4, -0.2) is 6.71 Å². The molecule has 62 heavy (non-hydrogen) atoms. The highest BCUT2D eigenvalue weighted by Gasteiger charge is 2.48. The number of nitrogens with zero attached hydrogens (tertiary/aromatic N) is 2. The summed E-state index contributed by atoms with van der Waals surface area (Å²) < 4.78 is 8.65. The van der Waals surface area contributed by atoms with E-state index in [0.29, 0.717) is 0 Å². The van der Waals surface area contributed by atoms with Crippen LogP contribution in [0.25, 0.3) is 32.2 Å². The molecule has 5 heteroatoms. The number of anilines is 6. The molecule has 3 nitrogen and oxygen atoms in total. The fourth-order valence-electron chi connectivity index (χ4n) is 10.4. The lowest BCUT2D eigenvalue weighted by molar-refractivity contribution is 0.589. The van der Waals surface area contributed by atoms with Crippen LogP contribution in [0.5, 0.6) is 0 Å². The molecule has 2 aromatic heterocycles. The average molecular weight is 831 g/mol. The van der Waals surface area contributed by atoms with Crippen LogP contribution in [0.15, 0.2) is 107 Å². The Morgan fingerprint density at radius 1 is 0.516 bits per heavy atom. The first kappa shape index (κ1) is 40.6. The number of aryl methyl sites for hydroxylation is 5. The summed E-state index contributed by atoms with van der Waals surface area (Å²) in [4.78, 5) is 5.20. The van der Waals surface area contributed by atoms with Gasteiger partial charge in [0.2, 0.25) is 0 Å². The van der Waals surface area contributed by atoms with Crippen molar-refractivity contribution in [2.45, 2.75) is 113 Å². The normalized spacial score (nSPS) is 13.9. The van der Waals surface area contributed by atoms with Crippen LogP contribution >= 0.6 is 11.3 Å². The van der Waals surface area contributed by atoms with Crippen molar-refractivity contribution >= 4 is 89.8 Å². The van der Waals surface area contributed by atoms with Crippen molar-refractivity contribution in [2.24, 2.45) is 0 Å². The van der Waals surface area contributed by atoms with Crippen molar-refractivity contribution < 1.29 is 4.42 Å². The molecule has 0 aliphatic carbocycles. The van der Waals surface area contributed by atoms with Crippen molar-refractivity contribution in [1.82, 2.24) is 0 Å². The van der Waals surface area contributed by atoms with Crippen LogP contribution in [0.1, 0.15) is 107 Å². The number of benzene rings is 6. The van der Waals surface area contributed by atoms with Gasteiger partial charge >= 0.3 is 0 Å². The first-order valence-electron chi connectivity index (χ1n) is 22.4. The summed E-state index contributed by atoms with van der Waals surface area (Å²) in [5, 5.41) is 4.79. The van der Waals surface area contributed by atoms with Crippen LogP contribution < -0.4 is 26.4 Å². The first-order chi connectivity index (χ1) is 29.2. The van der Waals surface area contributed by atoms with E-state index in [-0.39, 0.29) is 23.0 Å². The molecule has 2 aliphatic rings. The van der Waals surface area contributed by atoms with Crippen molar-refractivity contribution in [1.29, 1.82) is 0 Å². The summed E-state index contributed by atoms with van der Waals surface area (Å²) in [6.45, 7) is 32.2. The Morgan fingerprint density at radius 2 is 1.08 bits per heavy atom. The Labute approximate surface area is 373 Å². The van der Waals surface area contributed by atoms with E-state index in [0.717, 1.165) is 22.3 Å². The van der Waals surface area contributed by atoms with Crippen LogP contribution in [0.3, 0.4) is 0 Å². The van der Waals surface area contributed by atoms with Gasteiger partial charge in [0, 0.05) is 38.1 Å². The Bertz CT molecular complexity index is 3110. The molecule has 312 valence electrons. The second-order valence-corrected chi connectivity index (χ2v) is 22.3. The zero-order valence-electron chi connectivity index (χ0n) is 39.1. The Balaban J connectivity index is 1.33. The Hall–Kier alpha value is -5.52. The molecule has 0 N–H and O–H groups in total. The summed E-state index contributed by atoms with van der Waals surface area (Å²) in [5.74, 6) is 0. The first-order valence-corrected chi connectivity index (χ1v) is 23.2. The molecular formula is C57H59BN2OS. The third kappa shape index (κ3) is 6.21. The van der Waals surface area contributed by atoms with Crippen molar-refractivity contribution in [2.75, 3.05) is 9.80 Å². The van der Waals surface area contributed by atoms with Gasteiger partial charge in [-0.2, -0.15) is 0 Å². The van der Waals surface area contributed by atoms with Gasteiger partial charge in [0.05, 0.1) is 22.7 Å². The van der Waals surface area contributed by atoms with Gasteiger partial charge in [-0.15, -0.1) is 11.3 Å². The Morgan fingerprint density at radius 3 is 1.68 bits per heavy atom. The fourth-order valence-corrected chi connectivity index (χ4v) is 11.4. The molecule has 0 fully saturated rings.